The largest absolute Gasteiger partial charge is 0.481 e. The van der Waals surface area contributed by atoms with Gasteiger partial charge in [-0.2, -0.15) is 0 Å². The van der Waals surface area contributed by atoms with E-state index in [0.717, 1.165) is 6.07 Å². The Morgan fingerprint density at radius 1 is 1.53 bits per heavy atom. The van der Waals surface area contributed by atoms with Crippen LogP contribution in [0.15, 0.2) is 6.07 Å². The second-order valence-corrected chi connectivity index (χ2v) is 4.15. The third kappa shape index (κ3) is 3.48. The van der Waals surface area contributed by atoms with E-state index in [4.69, 9.17) is 4.74 Å². The summed E-state index contributed by atoms with van der Waals surface area (Å²) in [6.07, 6.45) is -2.80. The van der Waals surface area contributed by atoms with Crippen molar-refractivity contribution in [2.45, 2.75) is 12.8 Å². The molecule has 0 saturated heterocycles. The van der Waals surface area contributed by atoms with Crippen molar-refractivity contribution >= 4 is 28.6 Å². The lowest BCUT2D eigenvalue weighted by Gasteiger charge is -2.10. The number of hydrogen-bond acceptors (Lipinski definition) is 4. The van der Waals surface area contributed by atoms with Gasteiger partial charge >= 0.3 is 5.97 Å². The summed E-state index contributed by atoms with van der Waals surface area (Å²) in [7, 11) is 2.55. The van der Waals surface area contributed by atoms with E-state index in [1.54, 1.807) is 22.6 Å². The minimum absolute atomic E-state index is 0.0552. The Kier molecular flexibility index (Phi) is 5.03. The highest BCUT2D eigenvalue weighted by Gasteiger charge is 2.19. The molecule has 17 heavy (non-hydrogen) atoms. The van der Waals surface area contributed by atoms with E-state index in [-0.39, 0.29) is 27.1 Å². The zero-order valence-corrected chi connectivity index (χ0v) is 11.3. The van der Waals surface area contributed by atoms with Crippen LogP contribution in [0.2, 0.25) is 0 Å². The fourth-order valence-corrected chi connectivity index (χ4v) is 1.87. The molecule has 0 amide bonds. The molecular formula is C10H10F2INO3. The Hall–Kier alpha value is -0.990. The lowest BCUT2D eigenvalue weighted by atomic mass is 10.2. The Morgan fingerprint density at radius 2 is 2.18 bits per heavy atom. The zero-order valence-electron chi connectivity index (χ0n) is 9.17. The first-order valence-corrected chi connectivity index (χ1v) is 5.65. The highest BCUT2D eigenvalue weighted by molar-refractivity contribution is 14.1. The van der Waals surface area contributed by atoms with Crippen molar-refractivity contribution in [3.63, 3.8) is 0 Å². The van der Waals surface area contributed by atoms with Gasteiger partial charge in [-0.05, 0) is 22.6 Å². The number of carbonyl (C=O) groups is 1. The number of rotatable bonds is 4. The molecule has 0 radical (unpaired) electrons. The second-order valence-electron chi connectivity index (χ2n) is 3.07. The summed E-state index contributed by atoms with van der Waals surface area (Å²) in [4.78, 5) is 15.1. The Balaban J connectivity index is 3.19. The summed E-state index contributed by atoms with van der Waals surface area (Å²) in [5, 5.41) is 0. The lowest BCUT2D eigenvalue weighted by molar-refractivity contribution is -0.139. The van der Waals surface area contributed by atoms with Crippen LogP contribution in [-0.4, -0.2) is 25.2 Å². The monoisotopic (exact) mass is 357 g/mol. The van der Waals surface area contributed by atoms with Crippen molar-refractivity contribution < 1.29 is 23.0 Å². The van der Waals surface area contributed by atoms with Crippen LogP contribution in [0.3, 0.4) is 0 Å². The Bertz CT molecular complexity index is 426. The first kappa shape index (κ1) is 14.1. The summed E-state index contributed by atoms with van der Waals surface area (Å²) in [6, 6.07) is 1.16. The Labute approximate surface area is 110 Å². The van der Waals surface area contributed by atoms with E-state index in [0.29, 0.717) is 0 Å². The van der Waals surface area contributed by atoms with Gasteiger partial charge in [-0.3, -0.25) is 4.79 Å². The summed E-state index contributed by atoms with van der Waals surface area (Å²) in [5.74, 6) is -0.483. The molecule has 0 aliphatic carbocycles. The topological polar surface area (TPSA) is 48.4 Å². The van der Waals surface area contributed by atoms with Gasteiger partial charge < -0.3 is 9.47 Å². The molecule has 94 valence electrons. The molecule has 4 nitrogen and oxygen atoms in total. The van der Waals surface area contributed by atoms with Crippen molar-refractivity contribution in [3.05, 3.63) is 20.9 Å². The molecule has 0 unspecified atom stereocenters. The molecule has 7 heteroatoms. The van der Waals surface area contributed by atoms with Crippen molar-refractivity contribution in [2.75, 3.05) is 14.2 Å². The number of hydrogen-bond donors (Lipinski definition) is 0. The van der Waals surface area contributed by atoms with Gasteiger partial charge in [-0.25, -0.2) is 13.8 Å². The third-order valence-corrected chi connectivity index (χ3v) is 3.26. The first-order chi connectivity index (χ1) is 7.99. The molecule has 0 aromatic carbocycles. The maximum Gasteiger partial charge on any atom is 0.311 e. The van der Waals surface area contributed by atoms with Gasteiger partial charge in [0.1, 0.15) is 0 Å². The smallest absolute Gasteiger partial charge is 0.311 e. The van der Waals surface area contributed by atoms with E-state index in [1.165, 1.54) is 14.2 Å². The third-order valence-electron chi connectivity index (χ3n) is 2.01. The van der Waals surface area contributed by atoms with Crippen LogP contribution in [-0.2, 0) is 16.0 Å². The van der Waals surface area contributed by atoms with Crippen molar-refractivity contribution in [2.24, 2.45) is 0 Å². The standard InChI is InChI=1S/C10H10F2INO3/c1-16-7-3-5(10(11)12)9(13)6(14-7)4-8(15)17-2/h3,10H,4H2,1-2H3. The quantitative estimate of drug-likeness (QED) is 0.613. The van der Waals surface area contributed by atoms with Crippen LogP contribution >= 0.6 is 22.6 Å². The minimum Gasteiger partial charge on any atom is -0.481 e. The molecule has 1 rings (SSSR count). The number of alkyl halides is 2. The fourth-order valence-electron chi connectivity index (χ4n) is 1.17. The average Bonchev–Trinajstić information content (AvgIpc) is 2.31. The maximum atomic E-state index is 12.7. The second kappa shape index (κ2) is 6.08. The highest BCUT2D eigenvalue weighted by Crippen LogP contribution is 2.29. The number of aromatic nitrogens is 1. The van der Waals surface area contributed by atoms with E-state index >= 15 is 0 Å². The molecule has 0 aliphatic heterocycles. The number of carbonyl (C=O) groups excluding carboxylic acids is 1. The Morgan fingerprint density at radius 3 is 2.65 bits per heavy atom. The van der Waals surface area contributed by atoms with E-state index in [2.05, 4.69) is 9.72 Å². The molecule has 0 bridgehead atoms. The number of methoxy groups -OCH3 is 2. The number of pyridine rings is 1. The van der Waals surface area contributed by atoms with Crippen LogP contribution in [0, 0.1) is 3.57 Å². The number of esters is 1. The highest BCUT2D eigenvalue weighted by atomic mass is 127. The molecule has 0 saturated carbocycles. The minimum atomic E-state index is -2.64. The predicted octanol–water partition coefficient (Wildman–Crippen LogP) is 2.35. The van der Waals surface area contributed by atoms with Crippen LogP contribution < -0.4 is 4.74 Å². The maximum absolute atomic E-state index is 12.7. The van der Waals surface area contributed by atoms with Gasteiger partial charge in [0, 0.05) is 15.2 Å². The predicted molar refractivity (Wildman–Crippen MR) is 64.2 cm³/mol. The summed E-state index contributed by atoms with van der Waals surface area (Å²) in [6.45, 7) is 0. The molecule has 0 aliphatic rings. The number of halogens is 3. The fraction of sp³-hybridized carbons (Fsp3) is 0.400. The van der Waals surface area contributed by atoms with Gasteiger partial charge in [0.05, 0.1) is 26.3 Å². The molecule has 0 N–H and O–H groups in total. The number of nitrogens with zero attached hydrogens (tertiary/aromatic N) is 1. The van der Waals surface area contributed by atoms with E-state index in [9.17, 15) is 13.6 Å². The van der Waals surface area contributed by atoms with E-state index in [1.807, 2.05) is 0 Å². The molecule has 1 heterocycles. The molecule has 1 aromatic rings. The lowest BCUT2D eigenvalue weighted by Crippen LogP contribution is -2.10. The summed E-state index contributed by atoms with van der Waals surface area (Å²) in [5.41, 5.74) is 0.0310. The van der Waals surface area contributed by atoms with E-state index < -0.39 is 12.4 Å². The van der Waals surface area contributed by atoms with Crippen LogP contribution in [0.1, 0.15) is 17.7 Å². The van der Waals surface area contributed by atoms with Crippen molar-refractivity contribution in [3.8, 4) is 5.88 Å². The normalized spacial score (nSPS) is 10.5. The zero-order chi connectivity index (χ0) is 13.0. The SMILES string of the molecule is COC(=O)Cc1nc(OC)cc(C(F)F)c1I. The molecule has 1 aromatic heterocycles. The van der Waals surface area contributed by atoms with Crippen molar-refractivity contribution in [1.29, 1.82) is 0 Å². The van der Waals surface area contributed by atoms with Crippen LogP contribution in [0.5, 0.6) is 5.88 Å². The summed E-state index contributed by atoms with van der Waals surface area (Å²) < 4.78 is 35.0. The first-order valence-electron chi connectivity index (χ1n) is 4.57. The molecule has 0 fully saturated rings. The van der Waals surface area contributed by atoms with Gasteiger partial charge in [-0.15, -0.1) is 0 Å². The van der Waals surface area contributed by atoms with Crippen LogP contribution in [0.25, 0.3) is 0 Å². The molecule has 0 atom stereocenters. The van der Waals surface area contributed by atoms with Gasteiger partial charge in [-0.1, -0.05) is 0 Å². The van der Waals surface area contributed by atoms with Gasteiger partial charge in [0.2, 0.25) is 5.88 Å². The van der Waals surface area contributed by atoms with Gasteiger partial charge in [0.25, 0.3) is 6.43 Å². The van der Waals surface area contributed by atoms with Gasteiger partial charge in [0.15, 0.2) is 0 Å². The summed E-state index contributed by atoms with van der Waals surface area (Å²) >= 11 is 1.73. The molecule has 0 spiro atoms. The number of ether oxygens (including phenoxy) is 2. The average molecular weight is 357 g/mol. The van der Waals surface area contributed by atoms with Crippen LogP contribution in [0.4, 0.5) is 8.78 Å². The van der Waals surface area contributed by atoms with Crippen molar-refractivity contribution in [1.82, 2.24) is 4.98 Å². The molecular weight excluding hydrogens is 347 g/mol.